The lowest BCUT2D eigenvalue weighted by Crippen LogP contribution is -1.88. The summed E-state index contributed by atoms with van der Waals surface area (Å²) in [5, 5.41) is 0.619. The van der Waals surface area contributed by atoms with Crippen LogP contribution in [0, 0.1) is 5.82 Å². The van der Waals surface area contributed by atoms with Crippen molar-refractivity contribution in [1.82, 2.24) is 0 Å². The summed E-state index contributed by atoms with van der Waals surface area (Å²) in [7, 11) is 0. The van der Waals surface area contributed by atoms with Crippen molar-refractivity contribution in [3.05, 3.63) is 58.9 Å². The smallest absolute Gasteiger partial charge is 0.136 e. The summed E-state index contributed by atoms with van der Waals surface area (Å²) in [6.45, 7) is 0. The zero-order chi connectivity index (χ0) is 12.3. The van der Waals surface area contributed by atoms with Gasteiger partial charge in [-0.1, -0.05) is 29.8 Å². The summed E-state index contributed by atoms with van der Waals surface area (Å²) < 4.78 is 13.4. The average Bonchev–Trinajstić information content (AvgIpc) is 2.30. The van der Waals surface area contributed by atoms with Gasteiger partial charge < -0.3 is 5.73 Å². The summed E-state index contributed by atoms with van der Waals surface area (Å²) in [6.07, 6.45) is 0. The molecule has 0 heterocycles. The number of rotatable bonds is 3. The van der Waals surface area contributed by atoms with E-state index in [1.54, 1.807) is 24.3 Å². The van der Waals surface area contributed by atoms with Gasteiger partial charge in [0.15, 0.2) is 0 Å². The first-order valence-electron chi connectivity index (χ1n) is 5.08. The fraction of sp³-hybridized carbons (Fsp3) is 0.0769. The standard InChI is InChI=1S/C13H11ClFNS/c14-11-7-10(16)6-5-9(11)8-17-13-4-2-1-3-12(13)15/h1-7H,8,16H2. The fourth-order valence-corrected chi connectivity index (χ4v) is 2.68. The normalized spacial score (nSPS) is 10.5. The average molecular weight is 268 g/mol. The van der Waals surface area contributed by atoms with E-state index in [0.717, 1.165) is 5.56 Å². The molecule has 0 radical (unpaired) electrons. The number of halogens is 2. The molecule has 0 spiro atoms. The highest BCUT2D eigenvalue weighted by Crippen LogP contribution is 2.29. The molecule has 2 N–H and O–H groups in total. The van der Waals surface area contributed by atoms with Crippen LogP contribution in [0.1, 0.15) is 5.56 Å². The van der Waals surface area contributed by atoms with Crippen LogP contribution in [0.4, 0.5) is 10.1 Å². The Hall–Kier alpha value is -1.19. The van der Waals surface area contributed by atoms with Crippen molar-refractivity contribution in [3.8, 4) is 0 Å². The monoisotopic (exact) mass is 267 g/mol. The summed E-state index contributed by atoms with van der Waals surface area (Å²) in [4.78, 5) is 0.625. The predicted octanol–water partition coefficient (Wildman–Crippen LogP) is 4.35. The molecule has 0 aliphatic rings. The van der Waals surface area contributed by atoms with Crippen LogP contribution in [0.5, 0.6) is 0 Å². The third-order valence-corrected chi connectivity index (χ3v) is 3.75. The van der Waals surface area contributed by atoms with E-state index in [-0.39, 0.29) is 5.82 Å². The highest BCUT2D eigenvalue weighted by Gasteiger charge is 2.05. The van der Waals surface area contributed by atoms with Gasteiger partial charge in [-0.15, -0.1) is 11.8 Å². The molecule has 2 rings (SSSR count). The number of hydrogen-bond acceptors (Lipinski definition) is 2. The van der Waals surface area contributed by atoms with Gasteiger partial charge in [-0.25, -0.2) is 4.39 Å². The molecule has 0 bridgehead atoms. The van der Waals surface area contributed by atoms with E-state index < -0.39 is 0 Å². The Kier molecular flexibility index (Phi) is 3.92. The van der Waals surface area contributed by atoms with E-state index in [1.165, 1.54) is 17.8 Å². The lowest BCUT2D eigenvalue weighted by molar-refractivity contribution is 0.602. The van der Waals surface area contributed by atoms with Gasteiger partial charge in [-0.2, -0.15) is 0 Å². The predicted molar refractivity (Wildman–Crippen MR) is 71.8 cm³/mol. The van der Waals surface area contributed by atoms with Gasteiger partial charge in [0, 0.05) is 21.4 Å². The van der Waals surface area contributed by atoms with Gasteiger partial charge in [0.25, 0.3) is 0 Å². The largest absolute Gasteiger partial charge is 0.399 e. The summed E-state index contributed by atoms with van der Waals surface area (Å²) in [5.74, 6) is 0.420. The molecule has 2 aromatic rings. The minimum Gasteiger partial charge on any atom is -0.399 e. The summed E-state index contributed by atoms with van der Waals surface area (Å²) in [6, 6.07) is 12.1. The lowest BCUT2D eigenvalue weighted by atomic mass is 10.2. The maximum Gasteiger partial charge on any atom is 0.136 e. The van der Waals surface area contributed by atoms with Gasteiger partial charge in [0.2, 0.25) is 0 Å². The molecular weight excluding hydrogens is 257 g/mol. The van der Waals surface area contributed by atoms with E-state index >= 15 is 0 Å². The Morgan fingerprint density at radius 1 is 1.18 bits per heavy atom. The van der Waals surface area contributed by atoms with Crippen LogP contribution >= 0.6 is 23.4 Å². The van der Waals surface area contributed by atoms with Crippen LogP contribution in [0.3, 0.4) is 0 Å². The Morgan fingerprint density at radius 3 is 2.65 bits per heavy atom. The fourth-order valence-electron chi connectivity index (χ4n) is 1.40. The first kappa shape index (κ1) is 12.3. The SMILES string of the molecule is Nc1ccc(CSc2ccccc2F)c(Cl)c1. The van der Waals surface area contributed by atoms with Crippen molar-refractivity contribution in [2.75, 3.05) is 5.73 Å². The van der Waals surface area contributed by atoms with Crippen molar-refractivity contribution in [3.63, 3.8) is 0 Å². The second kappa shape index (κ2) is 5.43. The van der Waals surface area contributed by atoms with Gasteiger partial charge in [0.05, 0.1) is 0 Å². The molecule has 0 aliphatic heterocycles. The maximum absolute atomic E-state index is 13.4. The molecule has 0 unspecified atom stereocenters. The summed E-state index contributed by atoms with van der Waals surface area (Å²) in [5.41, 5.74) is 7.19. The molecule has 1 nitrogen and oxygen atoms in total. The van der Waals surface area contributed by atoms with Crippen LogP contribution in [0.15, 0.2) is 47.4 Å². The number of nitrogen functional groups attached to an aromatic ring is 1. The molecule has 0 aliphatic carbocycles. The minimum atomic E-state index is -0.205. The second-order valence-electron chi connectivity index (χ2n) is 3.57. The van der Waals surface area contributed by atoms with Gasteiger partial charge in [-0.05, 0) is 29.8 Å². The molecule has 88 valence electrons. The van der Waals surface area contributed by atoms with E-state index in [9.17, 15) is 4.39 Å². The lowest BCUT2D eigenvalue weighted by Gasteiger charge is -2.06. The topological polar surface area (TPSA) is 26.0 Å². The molecule has 0 aromatic heterocycles. The van der Waals surface area contributed by atoms with Crippen LogP contribution < -0.4 is 5.73 Å². The molecule has 4 heteroatoms. The highest BCUT2D eigenvalue weighted by molar-refractivity contribution is 7.98. The highest BCUT2D eigenvalue weighted by atomic mass is 35.5. The molecule has 0 atom stereocenters. The van der Waals surface area contributed by atoms with Crippen LogP contribution in [0.2, 0.25) is 5.02 Å². The number of benzene rings is 2. The first-order valence-corrected chi connectivity index (χ1v) is 6.44. The summed E-state index contributed by atoms with van der Waals surface area (Å²) >= 11 is 7.47. The van der Waals surface area contributed by atoms with Crippen molar-refractivity contribution < 1.29 is 4.39 Å². The van der Waals surface area contributed by atoms with E-state index in [2.05, 4.69) is 0 Å². The Balaban J connectivity index is 2.10. The van der Waals surface area contributed by atoms with Gasteiger partial charge in [-0.3, -0.25) is 0 Å². The van der Waals surface area contributed by atoms with Gasteiger partial charge in [0.1, 0.15) is 5.82 Å². The molecule has 0 saturated heterocycles. The molecule has 0 saturated carbocycles. The van der Waals surface area contributed by atoms with Crippen LogP contribution in [-0.2, 0) is 5.75 Å². The maximum atomic E-state index is 13.4. The first-order chi connectivity index (χ1) is 8.16. The molecule has 0 fully saturated rings. The van der Waals surface area contributed by atoms with Crippen molar-refractivity contribution in [2.24, 2.45) is 0 Å². The Bertz CT molecular complexity index is 531. The van der Waals surface area contributed by atoms with Crippen LogP contribution in [-0.4, -0.2) is 0 Å². The van der Waals surface area contributed by atoms with Crippen molar-refractivity contribution >= 4 is 29.1 Å². The Labute approximate surface area is 109 Å². The molecule has 0 amide bonds. The zero-order valence-corrected chi connectivity index (χ0v) is 10.6. The minimum absolute atomic E-state index is 0.205. The number of nitrogens with two attached hydrogens (primary N) is 1. The van der Waals surface area contributed by atoms with Gasteiger partial charge >= 0.3 is 0 Å². The van der Waals surface area contributed by atoms with Crippen molar-refractivity contribution in [1.29, 1.82) is 0 Å². The van der Waals surface area contributed by atoms with Crippen LogP contribution in [0.25, 0.3) is 0 Å². The molecule has 2 aromatic carbocycles. The number of hydrogen-bond donors (Lipinski definition) is 1. The van der Waals surface area contributed by atoms with E-state index in [1.807, 2.05) is 12.1 Å². The number of anilines is 1. The number of thioether (sulfide) groups is 1. The van der Waals surface area contributed by atoms with E-state index in [0.29, 0.717) is 21.4 Å². The quantitative estimate of drug-likeness (QED) is 0.661. The third kappa shape index (κ3) is 3.14. The second-order valence-corrected chi connectivity index (χ2v) is 4.99. The molecule has 17 heavy (non-hydrogen) atoms. The Morgan fingerprint density at radius 2 is 1.94 bits per heavy atom. The molecular formula is C13H11ClFNS. The third-order valence-electron chi connectivity index (χ3n) is 2.30. The zero-order valence-electron chi connectivity index (χ0n) is 8.99. The van der Waals surface area contributed by atoms with Crippen molar-refractivity contribution in [2.45, 2.75) is 10.6 Å². The van der Waals surface area contributed by atoms with E-state index in [4.69, 9.17) is 17.3 Å².